The molecule has 4 N–H and O–H groups in total. The quantitative estimate of drug-likeness (QED) is 0.133. The van der Waals surface area contributed by atoms with Gasteiger partial charge in [0.25, 0.3) is 5.88 Å². The average Bonchev–Trinajstić information content (AvgIpc) is 3.35. The third-order valence-electron chi connectivity index (χ3n) is 5.18. The summed E-state index contributed by atoms with van der Waals surface area (Å²) in [7, 11) is 2.88. The van der Waals surface area contributed by atoms with Crippen molar-refractivity contribution in [3.63, 3.8) is 0 Å². The zero-order valence-electron chi connectivity index (χ0n) is 20.6. The number of aromatic nitrogens is 5. The molecular weight excluding hydrogens is 610 g/mol. The minimum Gasteiger partial charge on any atom is -0.478 e. The highest BCUT2D eigenvalue weighted by Gasteiger charge is 2.23. The molecular formula is C24H24FIN8O4. The minimum atomic E-state index is -0.387. The van der Waals surface area contributed by atoms with Crippen LogP contribution in [-0.2, 0) is 9.53 Å². The third kappa shape index (κ3) is 6.31. The summed E-state index contributed by atoms with van der Waals surface area (Å²) >= 11 is 2.14. The Balaban J connectivity index is 1.70. The van der Waals surface area contributed by atoms with Gasteiger partial charge in [-0.1, -0.05) is 22.6 Å². The van der Waals surface area contributed by atoms with Gasteiger partial charge in [0, 0.05) is 18.9 Å². The van der Waals surface area contributed by atoms with E-state index in [4.69, 9.17) is 19.6 Å². The predicted octanol–water partition coefficient (Wildman–Crippen LogP) is 3.31. The number of halogens is 2. The number of ether oxygens (including phenoxy) is 2. The second-order valence-corrected chi connectivity index (χ2v) is 9.30. The van der Waals surface area contributed by atoms with Gasteiger partial charge in [0.1, 0.15) is 33.6 Å². The molecule has 2 unspecified atom stereocenters. The number of alkyl halides is 1. The Bertz CT molecular complexity index is 1420. The van der Waals surface area contributed by atoms with Gasteiger partial charge in [-0.2, -0.15) is 0 Å². The highest BCUT2D eigenvalue weighted by Crippen LogP contribution is 2.35. The van der Waals surface area contributed by atoms with E-state index in [1.54, 1.807) is 24.4 Å². The molecule has 3 heterocycles. The monoisotopic (exact) mass is 634 g/mol. The van der Waals surface area contributed by atoms with E-state index in [1.165, 1.54) is 32.5 Å². The van der Waals surface area contributed by atoms with Crippen molar-refractivity contribution in [3.8, 4) is 40.2 Å². The second kappa shape index (κ2) is 12.1. The van der Waals surface area contributed by atoms with Crippen molar-refractivity contribution in [3.05, 3.63) is 48.5 Å². The highest BCUT2D eigenvalue weighted by atomic mass is 127. The molecule has 0 radical (unpaired) electrons. The lowest BCUT2D eigenvalue weighted by molar-refractivity contribution is -0.125. The van der Waals surface area contributed by atoms with Crippen molar-refractivity contribution in [1.82, 2.24) is 30.2 Å². The number of rotatable bonds is 10. The van der Waals surface area contributed by atoms with Crippen molar-refractivity contribution in [2.45, 2.75) is 17.0 Å². The van der Waals surface area contributed by atoms with Crippen LogP contribution in [0.15, 0.2) is 47.1 Å². The van der Waals surface area contributed by atoms with Gasteiger partial charge in [-0.3, -0.25) is 4.79 Å². The van der Waals surface area contributed by atoms with Crippen LogP contribution in [0.1, 0.15) is 6.92 Å². The van der Waals surface area contributed by atoms with E-state index < -0.39 is 0 Å². The third-order valence-corrected chi connectivity index (χ3v) is 6.57. The van der Waals surface area contributed by atoms with Crippen molar-refractivity contribution in [2.24, 2.45) is 0 Å². The lowest BCUT2D eigenvalue weighted by Gasteiger charge is -2.21. The van der Waals surface area contributed by atoms with Gasteiger partial charge in [-0.15, -0.1) is 0 Å². The number of nitrogen functional groups attached to an aromatic ring is 1. The van der Waals surface area contributed by atoms with Crippen LogP contribution in [0.3, 0.4) is 0 Å². The molecule has 1 amide bonds. The SMILES string of the molecule is COCC(=O)NC(C)C(I)Nc1nccc(-c2oc(-c3ccc(F)cc3)nc2-c2cnc(N)c(OC)n2)n1. The zero-order valence-corrected chi connectivity index (χ0v) is 22.8. The van der Waals surface area contributed by atoms with E-state index in [0.717, 1.165) is 0 Å². The Morgan fingerprint density at radius 2 is 1.89 bits per heavy atom. The first kappa shape index (κ1) is 27.1. The Kier molecular flexibility index (Phi) is 8.62. The topological polar surface area (TPSA) is 163 Å². The summed E-state index contributed by atoms with van der Waals surface area (Å²) in [6, 6.07) is 7.12. The average molecular weight is 634 g/mol. The number of hydrogen-bond donors (Lipinski definition) is 3. The van der Waals surface area contributed by atoms with E-state index in [2.05, 4.69) is 58.1 Å². The molecule has 3 aromatic heterocycles. The molecule has 2 atom stereocenters. The van der Waals surface area contributed by atoms with Gasteiger partial charge >= 0.3 is 0 Å². The highest BCUT2D eigenvalue weighted by molar-refractivity contribution is 14.1. The van der Waals surface area contributed by atoms with Crippen molar-refractivity contribution in [2.75, 3.05) is 31.9 Å². The Labute approximate surface area is 230 Å². The van der Waals surface area contributed by atoms with Crippen LogP contribution in [0.4, 0.5) is 16.2 Å². The summed E-state index contributed by atoms with van der Waals surface area (Å²) in [5, 5.41) is 6.01. The normalized spacial score (nSPS) is 12.6. The molecule has 198 valence electrons. The van der Waals surface area contributed by atoms with Crippen molar-refractivity contribution in [1.29, 1.82) is 0 Å². The molecule has 0 fully saturated rings. The minimum absolute atomic E-state index is 0.0385. The lowest BCUT2D eigenvalue weighted by atomic mass is 10.2. The fraction of sp³-hybridized carbons (Fsp3) is 0.250. The molecule has 4 rings (SSSR count). The van der Waals surface area contributed by atoms with E-state index in [-0.39, 0.29) is 51.8 Å². The zero-order chi connectivity index (χ0) is 27.2. The van der Waals surface area contributed by atoms with E-state index >= 15 is 0 Å². The van der Waals surface area contributed by atoms with Gasteiger partial charge < -0.3 is 30.3 Å². The molecule has 38 heavy (non-hydrogen) atoms. The number of anilines is 2. The van der Waals surface area contributed by atoms with E-state index in [9.17, 15) is 9.18 Å². The number of carbonyl (C=O) groups is 1. The number of methoxy groups -OCH3 is 2. The molecule has 1 aromatic carbocycles. The second-order valence-electron chi connectivity index (χ2n) is 7.95. The molecule has 0 spiro atoms. The van der Waals surface area contributed by atoms with Crippen LogP contribution in [0.25, 0.3) is 34.3 Å². The molecule has 4 aromatic rings. The molecule has 0 aliphatic heterocycles. The molecule has 0 saturated heterocycles. The predicted molar refractivity (Wildman–Crippen MR) is 146 cm³/mol. The molecule has 0 bridgehead atoms. The van der Waals surface area contributed by atoms with Crippen molar-refractivity contribution >= 4 is 40.3 Å². The fourth-order valence-corrected chi connectivity index (χ4v) is 3.79. The molecule has 12 nitrogen and oxygen atoms in total. The van der Waals surface area contributed by atoms with Gasteiger partial charge in [-0.05, 0) is 37.3 Å². The van der Waals surface area contributed by atoms with Crippen LogP contribution in [0.5, 0.6) is 5.88 Å². The molecule has 0 aliphatic rings. The van der Waals surface area contributed by atoms with Crippen LogP contribution in [0.2, 0.25) is 0 Å². The first-order valence-electron chi connectivity index (χ1n) is 11.2. The summed E-state index contributed by atoms with van der Waals surface area (Å²) in [4.78, 5) is 33.9. The Morgan fingerprint density at radius 3 is 2.61 bits per heavy atom. The maximum Gasteiger partial charge on any atom is 0.257 e. The fourth-order valence-electron chi connectivity index (χ4n) is 3.33. The number of carbonyl (C=O) groups excluding carboxylic acids is 1. The van der Waals surface area contributed by atoms with Crippen LogP contribution in [-0.4, -0.2) is 61.7 Å². The Morgan fingerprint density at radius 1 is 1.13 bits per heavy atom. The summed E-state index contributed by atoms with van der Waals surface area (Å²) in [5.74, 6) is 0.418. The van der Waals surface area contributed by atoms with Gasteiger partial charge in [0.05, 0.1) is 19.3 Å². The number of nitrogens with two attached hydrogens (primary N) is 1. The standard InChI is InChI=1S/C24H24FIN8O4/c1-12(30-17(35)11-36-2)20(26)34-24-28-9-8-15(32-24)19-18(16-10-29-21(27)23(31-16)37-3)33-22(38-19)13-4-6-14(25)7-5-13/h4-10,12,20H,11H2,1-3H3,(H2,27,29)(H,30,35)(H,28,32,34). The van der Waals surface area contributed by atoms with Crippen LogP contribution in [0, 0.1) is 5.82 Å². The summed E-state index contributed by atoms with van der Waals surface area (Å²) in [5.41, 5.74) is 7.44. The molecule has 0 aliphatic carbocycles. The number of benzene rings is 1. The van der Waals surface area contributed by atoms with Crippen LogP contribution >= 0.6 is 22.6 Å². The first-order valence-corrected chi connectivity index (χ1v) is 12.5. The van der Waals surface area contributed by atoms with Gasteiger partial charge in [0.2, 0.25) is 17.7 Å². The number of amides is 1. The lowest BCUT2D eigenvalue weighted by Crippen LogP contribution is -2.43. The number of nitrogens with one attached hydrogen (secondary N) is 2. The smallest absolute Gasteiger partial charge is 0.257 e. The van der Waals surface area contributed by atoms with Gasteiger partial charge in [-0.25, -0.2) is 29.3 Å². The maximum absolute atomic E-state index is 13.5. The number of nitrogens with zero attached hydrogens (tertiary/aromatic N) is 5. The summed E-state index contributed by atoms with van der Waals surface area (Å²) in [6.07, 6.45) is 3.00. The number of hydrogen-bond acceptors (Lipinski definition) is 11. The van der Waals surface area contributed by atoms with E-state index in [0.29, 0.717) is 28.6 Å². The summed E-state index contributed by atoms with van der Waals surface area (Å²) in [6.45, 7) is 1.81. The van der Waals surface area contributed by atoms with Crippen molar-refractivity contribution < 1.29 is 23.1 Å². The molecule has 0 saturated carbocycles. The largest absolute Gasteiger partial charge is 0.478 e. The maximum atomic E-state index is 13.5. The van der Waals surface area contributed by atoms with Gasteiger partial charge in [0.15, 0.2) is 11.6 Å². The molecule has 14 heteroatoms. The first-order chi connectivity index (χ1) is 18.3. The van der Waals surface area contributed by atoms with Crippen LogP contribution < -0.4 is 21.1 Å². The van der Waals surface area contributed by atoms with E-state index in [1.807, 2.05) is 6.92 Å². The number of oxazole rings is 1. The Hall–Kier alpha value is -3.92. The summed E-state index contributed by atoms with van der Waals surface area (Å²) < 4.78 is 29.4.